The lowest BCUT2D eigenvalue weighted by molar-refractivity contribution is 1.01. The molecular formula is C89H59N5. The summed E-state index contributed by atoms with van der Waals surface area (Å²) in [6.45, 7) is 2.07. The summed E-state index contributed by atoms with van der Waals surface area (Å²) < 4.78 is 7.47. The fraction of sp³-hybridized carbons (Fsp3) is 0.0112. The Morgan fingerprint density at radius 2 is 0.532 bits per heavy atom. The molecule has 18 rings (SSSR count). The molecule has 0 aliphatic rings. The van der Waals surface area contributed by atoms with Crippen LogP contribution in [0.3, 0.4) is 0 Å². The van der Waals surface area contributed by atoms with Crippen LogP contribution in [0.4, 0.5) is 0 Å². The third-order valence-electron chi connectivity index (χ3n) is 19.0. The van der Waals surface area contributed by atoms with Gasteiger partial charge in [0.25, 0.3) is 0 Å². The van der Waals surface area contributed by atoms with Crippen LogP contribution in [0.1, 0.15) is 5.69 Å². The van der Waals surface area contributed by atoms with Gasteiger partial charge in [0.15, 0.2) is 5.82 Å². The fourth-order valence-corrected chi connectivity index (χ4v) is 14.5. The summed E-state index contributed by atoms with van der Waals surface area (Å²) in [5.74, 6) is 0.786. The first-order valence-electron chi connectivity index (χ1n) is 32.2. The van der Waals surface area contributed by atoms with Gasteiger partial charge in [0.1, 0.15) is 0 Å². The monoisotopic (exact) mass is 1200 g/mol. The molecule has 94 heavy (non-hydrogen) atoms. The Balaban J connectivity index is 1.03. The van der Waals surface area contributed by atoms with Crippen LogP contribution in [-0.2, 0) is 0 Å². The molecule has 0 aliphatic heterocycles. The highest BCUT2D eigenvalue weighted by Crippen LogP contribution is 2.49. The lowest BCUT2D eigenvalue weighted by Crippen LogP contribution is -2.11. The fourth-order valence-electron chi connectivity index (χ4n) is 14.5. The lowest BCUT2D eigenvalue weighted by atomic mass is 9.98. The zero-order chi connectivity index (χ0) is 62.2. The molecule has 0 aliphatic carbocycles. The van der Waals surface area contributed by atoms with Crippen molar-refractivity contribution in [3.8, 4) is 106 Å². The Kier molecular flexibility index (Phi) is 13.0. The second-order valence-corrected chi connectivity index (χ2v) is 24.5. The number of hydrogen-bond acceptors (Lipinski definition) is 2. The third-order valence-corrected chi connectivity index (χ3v) is 19.0. The Morgan fingerprint density at radius 3 is 0.872 bits per heavy atom. The Hall–Kier alpha value is -12.4. The molecule has 13 aromatic carbocycles. The first-order chi connectivity index (χ1) is 46.5. The number of aryl methyl sites for hydroxylation is 1. The number of aromatic nitrogens is 5. The van der Waals surface area contributed by atoms with Crippen molar-refractivity contribution in [2.45, 2.75) is 6.92 Å². The minimum Gasteiger partial charge on any atom is -0.307 e. The van der Waals surface area contributed by atoms with E-state index in [4.69, 9.17) is 9.97 Å². The summed E-state index contributed by atoms with van der Waals surface area (Å²) in [7, 11) is 0. The van der Waals surface area contributed by atoms with E-state index in [0.717, 1.165) is 177 Å². The molecule has 0 N–H and O–H groups in total. The van der Waals surface area contributed by atoms with Gasteiger partial charge in [-0.25, -0.2) is 4.98 Å². The number of pyridine rings is 2. The van der Waals surface area contributed by atoms with E-state index in [1.807, 2.05) is 0 Å². The first-order valence-corrected chi connectivity index (χ1v) is 32.2. The second-order valence-electron chi connectivity index (χ2n) is 24.5. The van der Waals surface area contributed by atoms with E-state index in [-0.39, 0.29) is 0 Å². The Bertz CT molecular complexity index is 5660. The summed E-state index contributed by atoms with van der Waals surface area (Å²) in [4.78, 5) is 11.2. The maximum Gasteiger partial charge on any atom is 0.162 e. The van der Waals surface area contributed by atoms with Crippen LogP contribution < -0.4 is 0 Å². The molecule has 0 atom stereocenters. The summed E-state index contributed by atoms with van der Waals surface area (Å²) in [5.41, 5.74) is 26.9. The van der Waals surface area contributed by atoms with Gasteiger partial charge in [-0.05, 0) is 170 Å². The minimum atomic E-state index is 0.786. The smallest absolute Gasteiger partial charge is 0.162 e. The predicted octanol–water partition coefficient (Wildman–Crippen LogP) is 23.4. The highest BCUT2D eigenvalue weighted by Gasteiger charge is 2.30. The van der Waals surface area contributed by atoms with Crippen LogP contribution in [0.25, 0.3) is 172 Å². The van der Waals surface area contributed by atoms with E-state index in [1.165, 1.54) is 0 Å². The van der Waals surface area contributed by atoms with Crippen LogP contribution in [-0.4, -0.2) is 23.7 Å². The van der Waals surface area contributed by atoms with Crippen LogP contribution >= 0.6 is 0 Å². The molecule has 0 bridgehead atoms. The largest absolute Gasteiger partial charge is 0.307 e. The summed E-state index contributed by atoms with van der Waals surface area (Å²) in [5, 5.41) is 6.83. The van der Waals surface area contributed by atoms with E-state index >= 15 is 0 Å². The normalized spacial score (nSPS) is 11.7. The maximum atomic E-state index is 6.07. The molecule has 0 spiro atoms. The third kappa shape index (κ3) is 9.24. The molecule has 0 fully saturated rings. The van der Waals surface area contributed by atoms with Gasteiger partial charge in [0.2, 0.25) is 0 Å². The molecule has 5 heteroatoms. The molecule has 0 saturated carbocycles. The molecule has 0 unspecified atom stereocenters. The lowest BCUT2D eigenvalue weighted by Gasteiger charge is -2.24. The minimum absolute atomic E-state index is 0.786. The quantitative estimate of drug-likeness (QED) is 0.129. The van der Waals surface area contributed by atoms with E-state index in [9.17, 15) is 0 Å². The molecule has 0 radical (unpaired) electrons. The molecule has 0 saturated heterocycles. The number of fused-ring (bicyclic) bond motifs is 9. The highest BCUT2D eigenvalue weighted by atomic mass is 15.1. The topological polar surface area (TPSA) is 40.6 Å². The van der Waals surface area contributed by atoms with E-state index < -0.39 is 0 Å². The molecule has 5 aromatic heterocycles. The van der Waals surface area contributed by atoms with Crippen molar-refractivity contribution in [3.63, 3.8) is 0 Å². The van der Waals surface area contributed by atoms with Crippen LogP contribution in [0, 0.1) is 6.92 Å². The molecule has 440 valence electrons. The van der Waals surface area contributed by atoms with Gasteiger partial charge in [0.05, 0.1) is 56.4 Å². The first kappa shape index (κ1) is 54.5. The number of nitrogens with zero attached hydrogens (tertiary/aromatic N) is 5. The van der Waals surface area contributed by atoms with Crippen molar-refractivity contribution in [1.82, 2.24) is 23.7 Å². The van der Waals surface area contributed by atoms with Crippen molar-refractivity contribution < 1.29 is 0 Å². The van der Waals surface area contributed by atoms with Crippen LogP contribution in [0.15, 0.2) is 340 Å². The summed E-state index contributed by atoms with van der Waals surface area (Å²) >= 11 is 0. The van der Waals surface area contributed by atoms with Crippen molar-refractivity contribution >= 4 is 65.4 Å². The maximum absolute atomic E-state index is 6.07. The summed E-state index contributed by atoms with van der Waals surface area (Å²) in [6, 6.07) is 122. The van der Waals surface area contributed by atoms with Gasteiger partial charge >= 0.3 is 0 Å². The average molecular weight is 1200 g/mol. The van der Waals surface area contributed by atoms with Gasteiger partial charge in [-0.15, -0.1) is 0 Å². The highest BCUT2D eigenvalue weighted by molar-refractivity contribution is 6.16. The molecule has 5 heterocycles. The van der Waals surface area contributed by atoms with Crippen molar-refractivity contribution in [1.29, 1.82) is 0 Å². The van der Waals surface area contributed by atoms with Crippen molar-refractivity contribution in [2.75, 3.05) is 0 Å². The van der Waals surface area contributed by atoms with E-state index in [2.05, 4.69) is 360 Å². The standard InChI is InChI=1S/C89H59N5/c1-58-22-20-37-79(91-58)71-35-21-36-72(50-71)87-86(92-80-44-38-65(59-23-8-2-9-24-59)51-73(80)74-52-66(39-45-81(74)92)60-25-10-3-11-26-60)57-90-89(94-84-48-42-69(63-31-16-6-17-32-63)55-77(84)78-56-70(43-49-85(78)94)64-33-18-7-19-34-64)88(87)93-82-46-40-67(61-27-12-4-13-28-61)53-75(82)76-54-68(41-47-83(76)93)62-29-14-5-15-30-62/h2-57H,1H3. The zero-order valence-corrected chi connectivity index (χ0v) is 51.6. The van der Waals surface area contributed by atoms with Gasteiger partial charge in [-0.1, -0.05) is 243 Å². The number of hydrogen-bond donors (Lipinski definition) is 0. The summed E-state index contributed by atoms with van der Waals surface area (Å²) in [6.07, 6.45) is 2.16. The van der Waals surface area contributed by atoms with E-state index in [1.54, 1.807) is 0 Å². The molecule has 5 nitrogen and oxygen atoms in total. The predicted molar refractivity (Wildman–Crippen MR) is 393 cm³/mol. The van der Waals surface area contributed by atoms with Crippen molar-refractivity contribution in [2.24, 2.45) is 0 Å². The Morgan fingerprint density at radius 1 is 0.234 bits per heavy atom. The Labute approximate surface area is 544 Å². The van der Waals surface area contributed by atoms with Gasteiger partial charge in [-0.2, -0.15) is 0 Å². The zero-order valence-electron chi connectivity index (χ0n) is 51.6. The molecule has 18 aromatic rings. The molecule has 0 amide bonds. The van der Waals surface area contributed by atoms with Gasteiger partial charge in [0, 0.05) is 49.1 Å². The van der Waals surface area contributed by atoms with Gasteiger partial charge < -0.3 is 9.13 Å². The van der Waals surface area contributed by atoms with Crippen LogP contribution in [0.2, 0.25) is 0 Å². The SMILES string of the molecule is Cc1cccc(-c2cccc(-c3c(-n4c5ccc(-c6ccccc6)cc5c5cc(-c6ccccc6)ccc54)cnc(-n4c5ccc(-c6ccccc6)cc5c5cc(-c6ccccc6)ccc54)c3-n3c4ccc(-c5ccccc5)cc4c4cc(-c5ccccc5)ccc43)c2)n1. The van der Waals surface area contributed by atoms with Crippen molar-refractivity contribution in [3.05, 3.63) is 346 Å². The molecular weight excluding hydrogens is 1140 g/mol. The average Bonchev–Trinajstić information content (AvgIpc) is 1.51. The van der Waals surface area contributed by atoms with Crippen LogP contribution in [0.5, 0.6) is 0 Å². The number of benzene rings is 13. The number of rotatable bonds is 11. The van der Waals surface area contributed by atoms with Gasteiger partial charge in [-0.3, -0.25) is 9.55 Å². The van der Waals surface area contributed by atoms with E-state index in [0.29, 0.717) is 0 Å². The second kappa shape index (κ2) is 22.5.